The number of rotatable bonds is 2. The molecule has 3 nitrogen and oxygen atoms in total. The van der Waals surface area contributed by atoms with Crippen molar-refractivity contribution in [3.05, 3.63) is 29.8 Å². The van der Waals surface area contributed by atoms with Gasteiger partial charge in [-0.25, -0.2) is 0 Å². The predicted molar refractivity (Wildman–Crippen MR) is 67.3 cm³/mol. The number of aromatic hydroxyl groups is 1. The second-order valence-corrected chi connectivity index (χ2v) is 4.28. The van der Waals surface area contributed by atoms with Crippen LogP contribution in [0.2, 0.25) is 0 Å². The molecule has 0 bridgehead atoms. The molecule has 1 aliphatic rings. The molecule has 0 atom stereocenters. The molecule has 0 spiro atoms. The van der Waals surface area contributed by atoms with Crippen molar-refractivity contribution in [1.82, 2.24) is 4.90 Å². The highest BCUT2D eigenvalue weighted by Crippen LogP contribution is 2.15. The van der Waals surface area contributed by atoms with Crippen molar-refractivity contribution in [2.24, 2.45) is 5.73 Å². The zero-order valence-electron chi connectivity index (χ0n) is 8.89. The van der Waals surface area contributed by atoms with Gasteiger partial charge >= 0.3 is 0 Å². The van der Waals surface area contributed by atoms with E-state index in [1.54, 1.807) is 6.07 Å². The average Bonchev–Trinajstić information content (AvgIpc) is 2.22. The molecular weight excluding hydrogens is 200 g/mol. The lowest BCUT2D eigenvalue weighted by molar-refractivity contribution is 0.205. The van der Waals surface area contributed by atoms with Gasteiger partial charge in [0.15, 0.2) is 0 Å². The normalized spacial score (nSPS) is 18.1. The van der Waals surface area contributed by atoms with Crippen LogP contribution < -0.4 is 5.73 Å². The molecule has 16 heavy (non-hydrogen) atoms. The average molecular weight is 222 g/mol. The fourth-order valence-corrected chi connectivity index (χ4v) is 2.02. The lowest BCUT2D eigenvalue weighted by Gasteiger charge is -2.30. The summed E-state index contributed by atoms with van der Waals surface area (Å²) in [5, 5.41) is 9.35. The predicted octanol–water partition coefficient (Wildman–Crippen LogP) is 1.95. The van der Waals surface area contributed by atoms with Crippen LogP contribution in [0.25, 0.3) is 0 Å². The van der Waals surface area contributed by atoms with Crippen molar-refractivity contribution >= 4 is 0 Å². The van der Waals surface area contributed by atoms with Crippen LogP contribution in [-0.2, 0) is 6.54 Å². The molecule has 0 aliphatic carbocycles. The molecule has 0 radical (unpaired) electrons. The van der Waals surface area contributed by atoms with Gasteiger partial charge in [0.1, 0.15) is 5.75 Å². The molecule has 0 amide bonds. The van der Waals surface area contributed by atoms with Crippen molar-refractivity contribution in [1.29, 1.82) is 0 Å². The number of nitrogens with two attached hydrogens (primary N) is 1. The third-order valence-corrected chi connectivity index (χ3v) is 2.95. The second kappa shape index (κ2) is 5.87. The largest absolute Gasteiger partial charge is 0.508 e. The van der Waals surface area contributed by atoms with Crippen LogP contribution in [0.1, 0.15) is 25.8 Å². The third-order valence-electron chi connectivity index (χ3n) is 2.95. The van der Waals surface area contributed by atoms with Gasteiger partial charge in [-0.15, -0.1) is 0 Å². The number of hydrogen-bond donors (Lipinski definition) is 2. The fraction of sp³-hybridized carbons (Fsp3) is 0.538. The van der Waals surface area contributed by atoms with Gasteiger partial charge in [0.05, 0.1) is 0 Å². The zero-order valence-corrected chi connectivity index (χ0v) is 8.89. The standard InChI is InChI=1S/C12H18N2O.CH4/c13-11-4-6-14(7-5-11)9-10-2-1-3-12(15)8-10;/h1-3,8,11,15H,4-7,9,13H2;1H4. The first-order chi connectivity index (χ1) is 7.24. The van der Waals surface area contributed by atoms with Crippen molar-refractivity contribution < 1.29 is 5.11 Å². The summed E-state index contributed by atoms with van der Waals surface area (Å²) in [5.74, 6) is 0.348. The van der Waals surface area contributed by atoms with Crippen LogP contribution in [0.5, 0.6) is 5.75 Å². The maximum absolute atomic E-state index is 9.35. The summed E-state index contributed by atoms with van der Waals surface area (Å²) in [4.78, 5) is 2.39. The van der Waals surface area contributed by atoms with Crippen LogP contribution in [-0.4, -0.2) is 29.1 Å². The Kier molecular flexibility index (Phi) is 4.77. The van der Waals surface area contributed by atoms with Gasteiger partial charge in [0.2, 0.25) is 0 Å². The van der Waals surface area contributed by atoms with Crippen LogP contribution >= 0.6 is 0 Å². The molecule has 1 aromatic rings. The minimum Gasteiger partial charge on any atom is -0.508 e. The molecule has 3 N–H and O–H groups in total. The summed E-state index contributed by atoms with van der Waals surface area (Å²) in [6, 6.07) is 7.85. The number of piperidine rings is 1. The molecule has 1 aromatic carbocycles. The first-order valence-electron chi connectivity index (χ1n) is 5.50. The number of phenolic OH excluding ortho intramolecular Hbond substituents is 1. The number of phenols is 1. The molecule has 1 heterocycles. The van der Waals surface area contributed by atoms with E-state index in [4.69, 9.17) is 5.73 Å². The van der Waals surface area contributed by atoms with E-state index >= 15 is 0 Å². The number of likely N-dealkylation sites (tertiary alicyclic amines) is 1. The summed E-state index contributed by atoms with van der Waals surface area (Å²) in [6.45, 7) is 3.05. The highest BCUT2D eigenvalue weighted by Gasteiger charge is 2.15. The topological polar surface area (TPSA) is 49.5 Å². The van der Waals surface area contributed by atoms with Crippen LogP contribution in [0, 0.1) is 0 Å². The van der Waals surface area contributed by atoms with E-state index in [-0.39, 0.29) is 7.43 Å². The minimum atomic E-state index is 0. The van der Waals surface area contributed by atoms with E-state index in [2.05, 4.69) is 4.90 Å². The number of nitrogens with zero attached hydrogens (tertiary/aromatic N) is 1. The molecule has 1 fully saturated rings. The molecule has 2 rings (SSSR count). The van der Waals surface area contributed by atoms with E-state index in [1.165, 1.54) is 5.56 Å². The van der Waals surface area contributed by atoms with E-state index in [1.807, 2.05) is 18.2 Å². The molecule has 90 valence electrons. The summed E-state index contributed by atoms with van der Waals surface area (Å²) in [7, 11) is 0. The minimum absolute atomic E-state index is 0. The van der Waals surface area contributed by atoms with Gasteiger partial charge in [-0.3, -0.25) is 4.90 Å². The third kappa shape index (κ3) is 3.51. The lowest BCUT2D eigenvalue weighted by atomic mass is 10.1. The van der Waals surface area contributed by atoms with Crippen molar-refractivity contribution in [2.45, 2.75) is 32.9 Å². The van der Waals surface area contributed by atoms with Gasteiger partial charge in [-0.1, -0.05) is 19.6 Å². The SMILES string of the molecule is C.NC1CCN(Cc2cccc(O)c2)CC1. The van der Waals surface area contributed by atoms with Crippen LogP contribution in [0.15, 0.2) is 24.3 Å². The maximum Gasteiger partial charge on any atom is 0.115 e. The quantitative estimate of drug-likeness (QED) is 0.804. The van der Waals surface area contributed by atoms with E-state index < -0.39 is 0 Å². The fourth-order valence-electron chi connectivity index (χ4n) is 2.02. The van der Waals surface area contributed by atoms with Gasteiger partial charge in [-0.05, 0) is 43.6 Å². The van der Waals surface area contributed by atoms with Gasteiger partial charge in [0.25, 0.3) is 0 Å². The molecule has 3 heteroatoms. The monoisotopic (exact) mass is 222 g/mol. The van der Waals surface area contributed by atoms with Crippen molar-refractivity contribution in [3.63, 3.8) is 0 Å². The Bertz CT molecular complexity index is 319. The molecular formula is C13H22N2O. The van der Waals surface area contributed by atoms with Gasteiger partial charge in [-0.2, -0.15) is 0 Å². The van der Waals surface area contributed by atoms with Crippen molar-refractivity contribution in [3.8, 4) is 5.75 Å². The highest BCUT2D eigenvalue weighted by atomic mass is 16.3. The second-order valence-electron chi connectivity index (χ2n) is 4.28. The Balaban J connectivity index is 0.00000128. The molecule has 1 saturated heterocycles. The first-order valence-corrected chi connectivity index (χ1v) is 5.50. The number of benzene rings is 1. The molecule has 0 unspecified atom stereocenters. The molecule has 0 aromatic heterocycles. The Morgan fingerprint density at radius 1 is 1.31 bits per heavy atom. The van der Waals surface area contributed by atoms with E-state index in [9.17, 15) is 5.11 Å². The maximum atomic E-state index is 9.35. The van der Waals surface area contributed by atoms with Crippen LogP contribution in [0.3, 0.4) is 0 Å². The summed E-state index contributed by atoms with van der Waals surface area (Å²) >= 11 is 0. The zero-order chi connectivity index (χ0) is 10.7. The van der Waals surface area contributed by atoms with Crippen molar-refractivity contribution in [2.75, 3.05) is 13.1 Å². The first kappa shape index (κ1) is 13.0. The molecule has 0 saturated carbocycles. The van der Waals surface area contributed by atoms with Gasteiger partial charge < -0.3 is 10.8 Å². The molecule has 1 aliphatic heterocycles. The Morgan fingerprint density at radius 3 is 2.62 bits per heavy atom. The van der Waals surface area contributed by atoms with E-state index in [0.717, 1.165) is 32.5 Å². The summed E-state index contributed by atoms with van der Waals surface area (Å²) in [5.41, 5.74) is 7.02. The Labute approximate surface area is 97.9 Å². The smallest absolute Gasteiger partial charge is 0.115 e. The Morgan fingerprint density at radius 2 is 2.00 bits per heavy atom. The number of hydrogen-bond acceptors (Lipinski definition) is 3. The Hall–Kier alpha value is -1.06. The van der Waals surface area contributed by atoms with Gasteiger partial charge in [0, 0.05) is 12.6 Å². The van der Waals surface area contributed by atoms with E-state index in [0.29, 0.717) is 11.8 Å². The summed E-state index contributed by atoms with van der Waals surface area (Å²) in [6.07, 6.45) is 2.16. The summed E-state index contributed by atoms with van der Waals surface area (Å²) < 4.78 is 0. The van der Waals surface area contributed by atoms with Crippen LogP contribution in [0.4, 0.5) is 0 Å². The highest BCUT2D eigenvalue weighted by molar-refractivity contribution is 5.27. The lowest BCUT2D eigenvalue weighted by Crippen LogP contribution is -2.39.